The van der Waals surface area contributed by atoms with Gasteiger partial charge in [-0.05, 0) is 25.1 Å². The number of halogens is 2. The van der Waals surface area contributed by atoms with Crippen molar-refractivity contribution in [3.63, 3.8) is 0 Å². The number of aromatic amines is 1. The molecular weight excluding hydrogens is 311 g/mol. The number of carbonyl (C=O) groups is 1. The molecule has 1 heterocycles. The fourth-order valence-electron chi connectivity index (χ4n) is 2.26. The highest BCUT2D eigenvalue weighted by Crippen LogP contribution is 2.25. The first kappa shape index (κ1) is 16.0. The van der Waals surface area contributed by atoms with Gasteiger partial charge in [-0.3, -0.25) is 0 Å². The second kappa shape index (κ2) is 7.57. The van der Waals surface area contributed by atoms with Crippen molar-refractivity contribution < 1.29 is 9.53 Å². The number of esters is 1. The van der Waals surface area contributed by atoms with E-state index in [1.807, 2.05) is 18.2 Å². The van der Waals surface area contributed by atoms with E-state index in [0.29, 0.717) is 37.0 Å². The van der Waals surface area contributed by atoms with Crippen LogP contribution in [0.15, 0.2) is 24.4 Å². The Balaban J connectivity index is 2.38. The molecule has 6 heteroatoms. The SMILES string of the molecule is CCOC(=O)c1c[nH]c2ccc(N(CCCl)CCCl)cc12. The molecule has 0 fully saturated rings. The van der Waals surface area contributed by atoms with E-state index in [1.165, 1.54) is 0 Å². The summed E-state index contributed by atoms with van der Waals surface area (Å²) in [5.74, 6) is 0.724. The Hall–Kier alpha value is -1.39. The van der Waals surface area contributed by atoms with E-state index in [-0.39, 0.29) is 5.97 Å². The van der Waals surface area contributed by atoms with E-state index in [9.17, 15) is 4.79 Å². The molecule has 114 valence electrons. The summed E-state index contributed by atoms with van der Waals surface area (Å²) in [6.07, 6.45) is 1.68. The van der Waals surface area contributed by atoms with Crippen LogP contribution in [0.1, 0.15) is 17.3 Å². The number of nitrogens with one attached hydrogen (secondary N) is 1. The molecule has 0 aliphatic rings. The van der Waals surface area contributed by atoms with Gasteiger partial charge in [-0.2, -0.15) is 0 Å². The molecule has 0 amide bonds. The van der Waals surface area contributed by atoms with Gasteiger partial charge < -0.3 is 14.6 Å². The highest BCUT2D eigenvalue weighted by molar-refractivity contribution is 6.18. The van der Waals surface area contributed by atoms with Gasteiger partial charge in [-0.1, -0.05) is 0 Å². The maximum absolute atomic E-state index is 12.0. The number of nitrogens with zero attached hydrogens (tertiary/aromatic N) is 1. The van der Waals surface area contributed by atoms with Crippen LogP contribution in [0.5, 0.6) is 0 Å². The molecule has 21 heavy (non-hydrogen) atoms. The van der Waals surface area contributed by atoms with Gasteiger partial charge >= 0.3 is 5.97 Å². The van der Waals surface area contributed by atoms with E-state index < -0.39 is 0 Å². The van der Waals surface area contributed by atoms with E-state index >= 15 is 0 Å². The minimum absolute atomic E-state index is 0.317. The molecule has 0 atom stereocenters. The Kier molecular flexibility index (Phi) is 5.76. The highest BCUT2D eigenvalue weighted by Gasteiger charge is 2.14. The first-order valence-electron chi connectivity index (χ1n) is 6.86. The number of rotatable bonds is 7. The summed E-state index contributed by atoms with van der Waals surface area (Å²) in [5.41, 5.74) is 2.44. The zero-order valence-electron chi connectivity index (χ0n) is 11.9. The fraction of sp³-hybridized carbons (Fsp3) is 0.400. The lowest BCUT2D eigenvalue weighted by Gasteiger charge is -2.23. The summed E-state index contributed by atoms with van der Waals surface area (Å²) in [6.45, 7) is 3.56. The highest BCUT2D eigenvalue weighted by atomic mass is 35.5. The lowest BCUT2D eigenvalue weighted by molar-refractivity contribution is 0.0529. The summed E-state index contributed by atoms with van der Waals surface area (Å²) < 4.78 is 5.07. The molecule has 0 saturated heterocycles. The second-order valence-corrected chi connectivity index (χ2v) is 5.27. The number of fused-ring (bicyclic) bond motifs is 1. The van der Waals surface area contributed by atoms with Crippen LogP contribution in [-0.2, 0) is 4.74 Å². The lowest BCUT2D eigenvalue weighted by atomic mass is 10.1. The molecule has 2 aromatic rings. The van der Waals surface area contributed by atoms with Gasteiger partial charge in [0.25, 0.3) is 0 Å². The Morgan fingerprint density at radius 1 is 1.29 bits per heavy atom. The van der Waals surface area contributed by atoms with Gasteiger partial charge in [0.1, 0.15) is 0 Å². The monoisotopic (exact) mass is 328 g/mol. The number of benzene rings is 1. The van der Waals surface area contributed by atoms with Crippen LogP contribution in [0, 0.1) is 0 Å². The van der Waals surface area contributed by atoms with Crippen LogP contribution < -0.4 is 4.90 Å². The van der Waals surface area contributed by atoms with E-state index in [2.05, 4.69) is 9.88 Å². The number of anilines is 1. The van der Waals surface area contributed by atoms with Gasteiger partial charge in [0.2, 0.25) is 0 Å². The second-order valence-electron chi connectivity index (χ2n) is 4.52. The third-order valence-corrected chi connectivity index (χ3v) is 3.57. The number of aromatic nitrogens is 1. The first-order valence-corrected chi connectivity index (χ1v) is 7.93. The quantitative estimate of drug-likeness (QED) is 0.623. The molecule has 1 aromatic carbocycles. The zero-order valence-corrected chi connectivity index (χ0v) is 13.4. The van der Waals surface area contributed by atoms with Gasteiger partial charge in [0, 0.05) is 47.6 Å². The number of carbonyl (C=O) groups excluding carboxylic acids is 1. The van der Waals surface area contributed by atoms with Crippen LogP contribution in [-0.4, -0.2) is 42.4 Å². The van der Waals surface area contributed by atoms with E-state index in [4.69, 9.17) is 27.9 Å². The molecule has 0 aliphatic heterocycles. The first-order chi connectivity index (χ1) is 10.2. The van der Waals surface area contributed by atoms with Crippen molar-refractivity contribution in [1.82, 2.24) is 4.98 Å². The predicted octanol–water partition coefficient (Wildman–Crippen LogP) is 3.63. The van der Waals surface area contributed by atoms with Crippen molar-refractivity contribution >= 4 is 45.8 Å². The van der Waals surface area contributed by atoms with Gasteiger partial charge in [-0.25, -0.2) is 4.79 Å². The van der Waals surface area contributed by atoms with E-state index in [0.717, 1.165) is 16.6 Å². The molecule has 0 bridgehead atoms. The molecule has 0 radical (unpaired) electrons. The van der Waals surface area contributed by atoms with Gasteiger partial charge in [-0.15, -0.1) is 23.2 Å². The minimum atomic E-state index is -0.317. The standard InChI is InChI=1S/C15H18Cl2N2O2/c1-2-21-15(20)13-10-18-14-4-3-11(9-12(13)14)19(7-5-16)8-6-17/h3-4,9-10,18H,2,5-8H2,1H3. The predicted molar refractivity (Wildman–Crippen MR) is 87.9 cm³/mol. The molecule has 1 N–H and O–H groups in total. The van der Waals surface area contributed by atoms with Crippen LogP contribution in [0.2, 0.25) is 0 Å². The maximum Gasteiger partial charge on any atom is 0.340 e. The van der Waals surface area contributed by atoms with Crippen molar-refractivity contribution in [2.24, 2.45) is 0 Å². The van der Waals surface area contributed by atoms with E-state index in [1.54, 1.807) is 13.1 Å². The Morgan fingerprint density at radius 2 is 2.00 bits per heavy atom. The van der Waals surface area contributed by atoms with Crippen LogP contribution in [0.3, 0.4) is 0 Å². The van der Waals surface area contributed by atoms with Crippen molar-refractivity contribution in [1.29, 1.82) is 0 Å². The van der Waals surface area contributed by atoms with Crippen LogP contribution in [0.4, 0.5) is 5.69 Å². The maximum atomic E-state index is 12.0. The molecule has 2 rings (SSSR count). The number of hydrogen-bond donors (Lipinski definition) is 1. The number of H-pyrrole nitrogens is 1. The molecular formula is C15H18Cl2N2O2. The Bertz CT molecular complexity index is 607. The van der Waals surface area contributed by atoms with Gasteiger partial charge in [0.05, 0.1) is 12.2 Å². The number of alkyl halides is 2. The summed E-state index contributed by atoms with van der Waals surface area (Å²) in [7, 11) is 0. The van der Waals surface area contributed by atoms with Crippen molar-refractivity contribution in [3.8, 4) is 0 Å². The van der Waals surface area contributed by atoms with Crippen molar-refractivity contribution in [2.45, 2.75) is 6.92 Å². The summed E-state index contributed by atoms with van der Waals surface area (Å²) in [4.78, 5) is 17.1. The van der Waals surface area contributed by atoms with Crippen molar-refractivity contribution in [3.05, 3.63) is 30.0 Å². The average Bonchev–Trinajstić information content (AvgIpc) is 2.90. The molecule has 0 aliphatic carbocycles. The fourth-order valence-corrected chi connectivity index (χ4v) is 2.67. The summed E-state index contributed by atoms with van der Waals surface area (Å²) >= 11 is 11.7. The third kappa shape index (κ3) is 3.63. The largest absolute Gasteiger partial charge is 0.462 e. The zero-order chi connectivity index (χ0) is 15.2. The smallest absolute Gasteiger partial charge is 0.340 e. The average molecular weight is 329 g/mol. The molecule has 0 saturated carbocycles. The number of hydrogen-bond acceptors (Lipinski definition) is 3. The normalized spacial score (nSPS) is 10.8. The van der Waals surface area contributed by atoms with Crippen molar-refractivity contribution in [2.75, 3.05) is 36.4 Å². The van der Waals surface area contributed by atoms with Crippen LogP contribution in [0.25, 0.3) is 10.9 Å². The molecule has 0 unspecified atom stereocenters. The Morgan fingerprint density at radius 3 is 2.62 bits per heavy atom. The summed E-state index contributed by atoms with van der Waals surface area (Å²) in [5, 5.41) is 0.847. The van der Waals surface area contributed by atoms with Gasteiger partial charge in [0.15, 0.2) is 0 Å². The minimum Gasteiger partial charge on any atom is -0.462 e. The number of ether oxygens (including phenoxy) is 1. The van der Waals surface area contributed by atoms with Crippen LogP contribution >= 0.6 is 23.2 Å². The third-order valence-electron chi connectivity index (χ3n) is 3.23. The molecule has 1 aromatic heterocycles. The lowest BCUT2D eigenvalue weighted by Crippen LogP contribution is -2.27. The molecule has 0 spiro atoms. The molecule has 4 nitrogen and oxygen atoms in total. The topological polar surface area (TPSA) is 45.3 Å². The summed E-state index contributed by atoms with van der Waals surface area (Å²) in [6, 6.07) is 5.91. The Labute approximate surface area is 134 Å².